The first-order valence-corrected chi connectivity index (χ1v) is 8.77. The van der Waals surface area contributed by atoms with E-state index in [2.05, 4.69) is 43.3 Å². The van der Waals surface area contributed by atoms with E-state index in [1.807, 2.05) is 18.2 Å². The molecule has 1 aliphatic carbocycles. The molecule has 21 heavy (non-hydrogen) atoms. The first kappa shape index (κ1) is 16.6. The predicted molar refractivity (Wildman–Crippen MR) is 91.5 cm³/mol. The fraction of sp³-hybridized carbons (Fsp3) is 0.438. The lowest BCUT2D eigenvalue weighted by molar-refractivity contribution is -0.123. The largest absolute Gasteiger partial charge is 0.481 e. The molecule has 0 aromatic heterocycles. The van der Waals surface area contributed by atoms with Crippen LogP contribution in [0.25, 0.3) is 0 Å². The number of amides is 1. The molecule has 0 saturated carbocycles. The molecule has 1 aromatic rings. The van der Waals surface area contributed by atoms with Gasteiger partial charge in [0.25, 0.3) is 5.91 Å². The van der Waals surface area contributed by atoms with E-state index in [0.717, 1.165) is 15.4 Å². The monoisotopic (exact) mass is 415 g/mol. The summed E-state index contributed by atoms with van der Waals surface area (Å²) in [5.41, 5.74) is 1.47. The zero-order valence-electron chi connectivity index (χ0n) is 11.8. The summed E-state index contributed by atoms with van der Waals surface area (Å²) in [6.45, 7) is 0.714. The lowest BCUT2D eigenvalue weighted by Crippen LogP contribution is -2.30. The van der Waals surface area contributed by atoms with E-state index in [-0.39, 0.29) is 12.5 Å². The average molecular weight is 417 g/mol. The van der Waals surface area contributed by atoms with Gasteiger partial charge in [-0.25, -0.2) is 0 Å². The number of hydrogen-bond donors (Lipinski definition) is 1. The van der Waals surface area contributed by atoms with Crippen molar-refractivity contribution in [1.82, 2.24) is 5.32 Å². The number of benzene rings is 1. The molecule has 0 radical (unpaired) electrons. The Kier molecular flexibility index (Phi) is 6.77. The molecule has 1 aliphatic rings. The van der Waals surface area contributed by atoms with Crippen LogP contribution in [-0.2, 0) is 4.79 Å². The van der Waals surface area contributed by atoms with E-state index in [1.165, 1.54) is 31.3 Å². The lowest BCUT2D eigenvalue weighted by atomic mass is 9.97. The molecule has 1 aromatic carbocycles. The topological polar surface area (TPSA) is 38.3 Å². The Morgan fingerprint density at radius 2 is 2.00 bits per heavy atom. The number of rotatable bonds is 6. The maximum absolute atomic E-state index is 11.8. The summed E-state index contributed by atoms with van der Waals surface area (Å²) in [5.74, 6) is 0.566. The number of para-hydroxylation sites is 1. The third-order valence-corrected chi connectivity index (χ3v) is 4.67. The van der Waals surface area contributed by atoms with Crippen molar-refractivity contribution >= 4 is 37.8 Å². The highest BCUT2D eigenvalue weighted by atomic mass is 79.9. The Balaban J connectivity index is 1.71. The summed E-state index contributed by atoms with van der Waals surface area (Å²) in [4.78, 5) is 11.8. The van der Waals surface area contributed by atoms with Crippen LogP contribution >= 0.6 is 31.9 Å². The van der Waals surface area contributed by atoms with Crippen molar-refractivity contribution in [3.63, 3.8) is 0 Å². The summed E-state index contributed by atoms with van der Waals surface area (Å²) in [5, 5.41) is 2.90. The standard InChI is InChI=1S/C16H19Br2NO2/c17-13-7-4-8-14(18)16(13)21-11-15(20)19-10-9-12-5-2-1-3-6-12/h4-5,7-8H,1-3,6,9-11H2,(H,19,20). The predicted octanol–water partition coefficient (Wildman–Crippen LogP) is 4.60. The lowest BCUT2D eigenvalue weighted by Gasteiger charge is -2.13. The molecule has 0 aliphatic heterocycles. The van der Waals surface area contributed by atoms with Crippen molar-refractivity contribution in [2.24, 2.45) is 0 Å². The van der Waals surface area contributed by atoms with Gasteiger partial charge in [-0.2, -0.15) is 0 Å². The fourth-order valence-electron chi connectivity index (χ4n) is 2.30. The molecule has 0 fully saturated rings. The van der Waals surface area contributed by atoms with Gasteiger partial charge in [-0.05, 0) is 76.1 Å². The molecule has 114 valence electrons. The third-order valence-electron chi connectivity index (χ3n) is 3.42. The van der Waals surface area contributed by atoms with Gasteiger partial charge in [-0.1, -0.05) is 17.7 Å². The molecule has 0 heterocycles. The van der Waals surface area contributed by atoms with Gasteiger partial charge in [-0.15, -0.1) is 0 Å². The Bertz CT molecular complexity index is 509. The fourth-order valence-corrected chi connectivity index (χ4v) is 3.53. The van der Waals surface area contributed by atoms with Crippen LogP contribution in [0.1, 0.15) is 32.1 Å². The van der Waals surface area contributed by atoms with Gasteiger partial charge in [0.05, 0.1) is 8.95 Å². The Hall–Kier alpha value is -0.810. The first-order chi connectivity index (χ1) is 10.2. The number of nitrogens with one attached hydrogen (secondary N) is 1. The summed E-state index contributed by atoms with van der Waals surface area (Å²) in [7, 11) is 0. The van der Waals surface area contributed by atoms with Crippen LogP contribution in [0, 0.1) is 0 Å². The van der Waals surface area contributed by atoms with E-state index in [4.69, 9.17) is 4.74 Å². The molecule has 5 heteroatoms. The maximum Gasteiger partial charge on any atom is 0.257 e. The van der Waals surface area contributed by atoms with Crippen molar-refractivity contribution in [2.45, 2.75) is 32.1 Å². The molecule has 0 saturated heterocycles. The van der Waals surface area contributed by atoms with Crippen molar-refractivity contribution in [3.05, 3.63) is 38.8 Å². The van der Waals surface area contributed by atoms with Gasteiger partial charge in [0.15, 0.2) is 6.61 Å². The minimum Gasteiger partial charge on any atom is -0.481 e. The second-order valence-corrected chi connectivity index (χ2v) is 6.76. The highest BCUT2D eigenvalue weighted by Gasteiger charge is 2.09. The number of hydrogen-bond acceptors (Lipinski definition) is 2. The maximum atomic E-state index is 11.8. The van der Waals surface area contributed by atoms with Crippen molar-refractivity contribution < 1.29 is 9.53 Å². The zero-order chi connectivity index (χ0) is 15.1. The number of halogens is 2. The molecular weight excluding hydrogens is 398 g/mol. The van der Waals surface area contributed by atoms with Crippen LogP contribution in [-0.4, -0.2) is 19.1 Å². The van der Waals surface area contributed by atoms with Crippen molar-refractivity contribution in [2.75, 3.05) is 13.2 Å². The van der Waals surface area contributed by atoms with Crippen LogP contribution < -0.4 is 10.1 Å². The molecule has 0 spiro atoms. The second kappa shape index (κ2) is 8.59. The summed E-state index contributed by atoms with van der Waals surface area (Å²) >= 11 is 6.82. The normalized spacial score (nSPS) is 14.5. The molecule has 1 amide bonds. The SMILES string of the molecule is O=C(COc1c(Br)cccc1Br)NCCC1=CCCCC1. The van der Waals surface area contributed by atoms with Crippen molar-refractivity contribution in [1.29, 1.82) is 0 Å². The van der Waals surface area contributed by atoms with E-state index in [9.17, 15) is 4.79 Å². The summed E-state index contributed by atoms with van der Waals surface area (Å²) < 4.78 is 7.21. The molecule has 3 nitrogen and oxygen atoms in total. The van der Waals surface area contributed by atoms with Crippen LogP contribution in [0.4, 0.5) is 0 Å². The van der Waals surface area contributed by atoms with Gasteiger partial charge < -0.3 is 10.1 Å². The minimum atomic E-state index is -0.0888. The second-order valence-electron chi connectivity index (χ2n) is 5.05. The summed E-state index contributed by atoms with van der Waals surface area (Å²) in [6.07, 6.45) is 8.19. The van der Waals surface area contributed by atoms with Crippen LogP contribution in [0.15, 0.2) is 38.8 Å². The molecule has 1 N–H and O–H groups in total. The summed E-state index contributed by atoms with van der Waals surface area (Å²) in [6, 6.07) is 5.67. The Morgan fingerprint density at radius 3 is 2.67 bits per heavy atom. The van der Waals surface area contributed by atoms with Crippen LogP contribution in [0.2, 0.25) is 0 Å². The molecular formula is C16H19Br2NO2. The van der Waals surface area contributed by atoms with Gasteiger partial charge in [0.2, 0.25) is 0 Å². The van der Waals surface area contributed by atoms with Gasteiger partial charge in [-0.3, -0.25) is 4.79 Å². The number of carbonyl (C=O) groups is 1. The van der Waals surface area contributed by atoms with Gasteiger partial charge in [0.1, 0.15) is 5.75 Å². The number of allylic oxidation sites excluding steroid dienone is 1. The Labute approximate surface area is 142 Å². The van der Waals surface area contributed by atoms with E-state index >= 15 is 0 Å². The average Bonchev–Trinajstić information content (AvgIpc) is 2.48. The number of ether oxygens (including phenoxy) is 1. The highest BCUT2D eigenvalue weighted by Crippen LogP contribution is 2.32. The van der Waals surface area contributed by atoms with E-state index in [0.29, 0.717) is 12.3 Å². The minimum absolute atomic E-state index is 0.0280. The van der Waals surface area contributed by atoms with Crippen LogP contribution in [0.5, 0.6) is 5.75 Å². The third kappa shape index (κ3) is 5.47. The van der Waals surface area contributed by atoms with E-state index in [1.54, 1.807) is 0 Å². The smallest absolute Gasteiger partial charge is 0.257 e. The molecule has 0 unspecified atom stereocenters. The van der Waals surface area contributed by atoms with Gasteiger partial charge in [0, 0.05) is 6.54 Å². The highest BCUT2D eigenvalue weighted by molar-refractivity contribution is 9.11. The molecule has 2 rings (SSSR count). The van der Waals surface area contributed by atoms with E-state index < -0.39 is 0 Å². The Morgan fingerprint density at radius 1 is 1.24 bits per heavy atom. The molecule has 0 atom stereocenters. The first-order valence-electron chi connectivity index (χ1n) is 7.18. The zero-order valence-corrected chi connectivity index (χ0v) is 15.0. The van der Waals surface area contributed by atoms with Crippen molar-refractivity contribution in [3.8, 4) is 5.75 Å². The quantitative estimate of drug-likeness (QED) is 0.688. The van der Waals surface area contributed by atoms with Crippen LogP contribution in [0.3, 0.4) is 0 Å². The molecule has 0 bridgehead atoms. The van der Waals surface area contributed by atoms with Gasteiger partial charge >= 0.3 is 0 Å². The number of carbonyl (C=O) groups excluding carboxylic acids is 1.